The van der Waals surface area contributed by atoms with E-state index in [-0.39, 0.29) is 29.1 Å². The van der Waals surface area contributed by atoms with Crippen molar-refractivity contribution in [3.8, 4) is 11.3 Å². The number of hydrogen-bond donors (Lipinski definition) is 2. The number of piperidine rings is 1. The number of carbonyl (C=O) groups excluding carboxylic acids is 1. The number of H-pyrrole nitrogens is 1. The summed E-state index contributed by atoms with van der Waals surface area (Å²) in [5.41, 5.74) is 1.34. The van der Waals surface area contributed by atoms with Gasteiger partial charge in [-0.1, -0.05) is 37.3 Å². The van der Waals surface area contributed by atoms with Gasteiger partial charge in [-0.3, -0.25) is 9.59 Å². The highest BCUT2D eigenvalue weighted by atomic mass is 16.3. The van der Waals surface area contributed by atoms with Gasteiger partial charge in [-0.2, -0.15) is 0 Å². The van der Waals surface area contributed by atoms with E-state index >= 15 is 0 Å². The normalized spacial score (nSPS) is 16.6. The van der Waals surface area contributed by atoms with Gasteiger partial charge >= 0.3 is 0 Å². The lowest BCUT2D eigenvalue weighted by Crippen LogP contribution is -2.45. The number of aromatic nitrogens is 1. The van der Waals surface area contributed by atoms with E-state index in [1.807, 2.05) is 30.3 Å². The van der Waals surface area contributed by atoms with E-state index in [0.717, 1.165) is 24.8 Å². The first-order valence-electron chi connectivity index (χ1n) is 8.77. The molecule has 2 N–H and O–H groups in total. The summed E-state index contributed by atoms with van der Waals surface area (Å²) in [6, 6.07) is 12.9. The number of aromatic amines is 1. The molecule has 1 aromatic carbocycles. The number of nitrogens with one attached hydrogen (secondary N) is 1. The Morgan fingerprint density at radius 1 is 1.16 bits per heavy atom. The summed E-state index contributed by atoms with van der Waals surface area (Å²) >= 11 is 0. The Morgan fingerprint density at radius 3 is 2.40 bits per heavy atom. The smallest absolute Gasteiger partial charge is 0.261 e. The maximum atomic E-state index is 12.7. The molecule has 5 heteroatoms. The molecule has 3 rings (SSSR count). The molecule has 0 saturated carbocycles. The van der Waals surface area contributed by atoms with Crippen LogP contribution in [0, 0.1) is 5.41 Å². The molecule has 1 aliphatic heterocycles. The van der Waals surface area contributed by atoms with Crippen LogP contribution in [0.15, 0.2) is 47.3 Å². The number of aliphatic hydroxyl groups excluding tert-OH is 1. The van der Waals surface area contributed by atoms with E-state index in [1.54, 1.807) is 17.0 Å². The van der Waals surface area contributed by atoms with Crippen LogP contribution < -0.4 is 5.56 Å². The van der Waals surface area contributed by atoms with Gasteiger partial charge in [-0.15, -0.1) is 0 Å². The molecule has 5 nitrogen and oxygen atoms in total. The number of nitrogens with zero attached hydrogens (tertiary/aromatic N) is 1. The lowest BCUT2D eigenvalue weighted by atomic mass is 9.77. The quantitative estimate of drug-likeness (QED) is 0.899. The minimum Gasteiger partial charge on any atom is -0.396 e. The number of carbonyl (C=O) groups is 1. The SMILES string of the molecule is CCC1(CO)CCN(C(=O)c2ccc(-c3ccccc3)[nH]c2=O)CC1. The van der Waals surface area contributed by atoms with Gasteiger partial charge in [0.1, 0.15) is 5.56 Å². The zero-order chi connectivity index (χ0) is 17.9. The minimum absolute atomic E-state index is 0.0830. The summed E-state index contributed by atoms with van der Waals surface area (Å²) < 4.78 is 0. The summed E-state index contributed by atoms with van der Waals surface area (Å²) in [4.78, 5) is 29.6. The Morgan fingerprint density at radius 2 is 1.84 bits per heavy atom. The molecule has 1 fully saturated rings. The Balaban J connectivity index is 1.77. The van der Waals surface area contributed by atoms with Gasteiger partial charge in [-0.05, 0) is 42.4 Å². The van der Waals surface area contributed by atoms with Crippen molar-refractivity contribution in [2.45, 2.75) is 26.2 Å². The van der Waals surface area contributed by atoms with Crippen LogP contribution in [-0.4, -0.2) is 40.6 Å². The molecular formula is C20H24N2O3. The van der Waals surface area contributed by atoms with Gasteiger partial charge in [-0.25, -0.2) is 0 Å². The number of aliphatic hydroxyl groups is 1. The van der Waals surface area contributed by atoms with Gasteiger partial charge in [0.2, 0.25) is 0 Å². The molecule has 1 saturated heterocycles. The third-order valence-electron chi connectivity index (χ3n) is 5.42. The summed E-state index contributed by atoms with van der Waals surface area (Å²) in [6.07, 6.45) is 2.44. The van der Waals surface area contributed by atoms with Crippen LogP contribution in [-0.2, 0) is 0 Å². The summed E-state index contributed by atoms with van der Waals surface area (Å²) in [5.74, 6) is -0.233. The lowest BCUT2D eigenvalue weighted by molar-refractivity contribution is 0.0337. The van der Waals surface area contributed by atoms with Gasteiger partial charge < -0.3 is 15.0 Å². The summed E-state index contributed by atoms with van der Waals surface area (Å²) in [5, 5.41) is 9.61. The molecule has 0 bridgehead atoms. The van der Waals surface area contributed by atoms with Crippen LogP contribution in [0.25, 0.3) is 11.3 Å². The second-order valence-electron chi connectivity index (χ2n) is 6.78. The number of pyridine rings is 1. The minimum atomic E-state index is -0.360. The van der Waals surface area contributed by atoms with Crippen molar-refractivity contribution >= 4 is 5.91 Å². The van der Waals surface area contributed by atoms with Crippen molar-refractivity contribution in [2.24, 2.45) is 5.41 Å². The second kappa shape index (κ2) is 7.23. The third kappa shape index (κ3) is 3.51. The van der Waals surface area contributed by atoms with Gasteiger partial charge in [0.15, 0.2) is 0 Å². The van der Waals surface area contributed by atoms with Crippen LogP contribution in [0.2, 0.25) is 0 Å². The van der Waals surface area contributed by atoms with E-state index in [4.69, 9.17) is 0 Å². The van der Waals surface area contributed by atoms with E-state index < -0.39 is 0 Å². The molecule has 0 spiro atoms. The third-order valence-corrected chi connectivity index (χ3v) is 5.42. The summed E-state index contributed by atoms with van der Waals surface area (Å²) in [7, 11) is 0. The Hall–Kier alpha value is -2.40. The molecule has 2 aromatic rings. The molecule has 2 heterocycles. The molecule has 1 aliphatic rings. The van der Waals surface area contributed by atoms with Gasteiger partial charge in [0.05, 0.1) is 0 Å². The number of benzene rings is 1. The standard InChI is InChI=1S/C20H24N2O3/c1-2-20(14-23)10-12-22(13-11-20)19(25)16-8-9-17(21-18(16)24)15-6-4-3-5-7-15/h3-9,23H,2,10-14H2,1H3,(H,21,24). The van der Waals surface area contributed by atoms with E-state index in [9.17, 15) is 14.7 Å². The summed E-state index contributed by atoms with van der Waals surface area (Å²) in [6.45, 7) is 3.37. The van der Waals surface area contributed by atoms with E-state index in [2.05, 4.69) is 11.9 Å². The highest BCUT2D eigenvalue weighted by Crippen LogP contribution is 2.34. The second-order valence-corrected chi connectivity index (χ2v) is 6.78. The first kappa shape index (κ1) is 17.4. The molecule has 25 heavy (non-hydrogen) atoms. The lowest BCUT2D eigenvalue weighted by Gasteiger charge is -2.40. The van der Waals surface area contributed by atoms with Crippen molar-refractivity contribution in [2.75, 3.05) is 19.7 Å². The molecule has 1 aromatic heterocycles. The van der Waals surface area contributed by atoms with Crippen LogP contribution >= 0.6 is 0 Å². The largest absolute Gasteiger partial charge is 0.396 e. The van der Waals surface area contributed by atoms with E-state index in [1.165, 1.54) is 0 Å². The molecule has 0 radical (unpaired) electrons. The highest BCUT2D eigenvalue weighted by molar-refractivity contribution is 5.94. The monoisotopic (exact) mass is 340 g/mol. The van der Waals surface area contributed by atoms with Crippen molar-refractivity contribution in [3.63, 3.8) is 0 Å². The van der Waals surface area contributed by atoms with Crippen LogP contribution in [0.3, 0.4) is 0 Å². The molecule has 132 valence electrons. The maximum Gasteiger partial charge on any atom is 0.261 e. The number of amides is 1. The average Bonchev–Trinajstić information content (AvgIpc) is 2.68. The zero-order valence-electron chi connectivity index (χ0n) is 14.5. The first-order chi connectivity index (χ1) is 12.1. The predicted molar refractivity (Wildman–Crippen MR) is 97.4 cm³/mol. The fraction of sp³-hybridized carbons (Fsp3) is 0.400. The predicted octanol–water partition coefficient (Wildman–Crippen LogP) is 2.67. The van der Waals surface area contributed by atoms with Crippen LogP contribution in [0.5, 0.6) is 0 Å². The Labute approximate surface area is 147 Å². The van der Waals surface area contributed by atoms with E-state index in [0.29, 0.717) is 18.8 Å². The topological polar surface area (TPSA) is 73.4 Å². The number of likely N-dealkylation sites (tertiary alicyclic amines) is 1. The zero-order valence-corrected chi connectivity index (χ0v) is 14.5. The number of rotatable bonds is 4. The van der Waals surface area contributed by atoms with Crippen molar-refractivity contribution in [3.05, 3.63) is 58.4 Å². The molecule has 0 unspecified atom stereocenters. The molecular weight excluding hydrogens is 316 g/mol. The van der Waals surface area contributed by atoms with Crippen molar-refractivity contribution < 1.29 is 9.90 Å². The highest BCUT2D eigenvalue weighted by Gasteiger charge is 2.34. The van der Waals surface area contributed by atoms with Crippen molar-refractivity contribution in [1.82, 2.24) is 9.88 Å². The van der Waals surface area contributed by atoms with Gasteiger partial charge in [0.25, 0.3) is 11.5 Å². The fourth-order valence-electron chi connectivity index (χ4n) is 3.41. The van der Waals surface area contributed by atoms with Gasteiger partial charge in [0, 0.05) is 25.4 Å². The molecule has 1 amide bonds. The first-order valence-corrected chi connectivity index (χ1v) is 8.77. The molecule has 0 atom stereocenters. The van der Waals surface area contributed by atoms with Crippen LogP contribution in [0.1, 0.15) is 36.5 Å². The Kier molecular flexibility index (Phi) is 5.04. The van der Waals surface area contributed by atoms with Crippen molar-refractivity contribution in [1.29, 1.82) is 0 Å². The number of hydrogen-bond acceptors (Lipinski definition) is 3. The Bertz CT molecular complexity index is 784. The average molecular weight is 340 g/mol. The fourth-order valence-corrected chi connectivity index (χ4v) is 3.41. The van der Waals surface area contributed by atoms with Crippen LogP contribution in [0.4, 0.5) is 0 Å². The molecule has 0 aliphatic carbocycles. The maximum absolute atomic E-state index is 12.7.